The Morgan fingerprint density at radius 1 is 1.35 bits per heavy atom. The number of aryl methyl sites for hydroxylation is 1. The van der Waals surface area contributed by atoms with Gasteiger partial charge in [0.1, 0.15) is 0 Å². The van der Waals surface area contributed by atoms with E-state index in [2.05, 4.69) is 46.8 Å². The average Bonchev–Trinajstić information content (AvgIpc) is 2.83. The van der Waals surface area contributed by atoms with Crippen molar-refractivity contribution in [3.63, 3.8) is 0 Å². The van der Waals surface area contributed by atoms with E-state index in [9.17, 15) is 0 Å². The van der Waals surface area contributed by atoms with Gasteiger partial charge >= 0.3 is 0 Å². The molecule has 1 atom stereocenters. The second kappa shape index (κ2) is 4.34. The van der Waals surface area contributed by atoms with E-state index in [1.807, 2.05) is 6.20 Å². The lowest BCUT2D eigenvalue weighted by atomic mass is 10.1. The third kappa shape index (κ3) is 2.11. The molecule has 1 saturated heterocycles. The molecule has 1 fully saturated rings. The van der Waals surface area contributed by atoms with Crippen LogP contribution in [0.25, 0.3) is 10.9 Å². The molecular weight excluding hydrogens is 210 g/mol. The number of fused-ring (bicyclic) bond motifs is 1. The van der Waals surface area contributed by atoms with E-state index in [1.165, 1.54) is 23.1 Å². The van der Waals surface area contributed by atoms with Gasteiger partial charge in [-0.1, -0.05) is 11.6 Å². The predicted molar refractivity (Wildman–Crippen MR) is 71.4 cm³/mol. The lowest BCUT2D eigenvalue weighted by Gasteiger charge is -2.15. The van der Waals surface area contributed by atoms with Crippen LogP contribution in [0.5, 0.6) is 0 Å². The molecule has 1 aliphatic heterocycles. The van der Waals surface area contributed by atoms with Gasteiger partial charge in [0, 0.05) is 29.9 Å². The summed E-state index contributed by atoms with van der Waals surface area (Å²) in [6.45, 7) is 4.28. The minimum absolute atomic E-state index is 0.543. The number of anilines is 1. The Balaban J connectivity index is 1.99. The van der Waals surface area contributed by atoms with Crippen molar-refractivity contribution in [2.75, 3.05) is 18.4 Å². The highest BCUT2D eigenvalue weighted by Gasteiger charge is 2.14. The monoisotopic (exact) mass is 227 g/mol. The molecule has 3 rings (SSSR count). The van der Waals surface area contributed by atoms with Crippen molar-refractivity contribution in [1.29, 1.82) is 0 Å². The Morgan fingerprint density at radius 3 is 3.12 bits per heavy atom. The van der Waals surface area contributed by atoms with Crippen LogP contribution in [0.2, 0.25) is 0 Å². The van der Waals surface area contributed by atoms with E-state index in [-0.39, 0.29) is 0 Å². The smallest absolute Gasteiger partial charge is 0.0722 e. The van der Waals surface area contributed by atoms with E-state index in [1.54, 1.807) is 0 Å². The first-order valence-corrected chi connectivity index (χ1v) is 6.15. The van der Waals surface area contributed by atoms with Crippen LogP contribution in [0.3, 0.4) is 0 Å². The fourth-order valence-corrected chi connectivity index (χ4v) is 2.38. The van der Waals surface area contributed by atoms with E-state index in [4.69, 9.17) is 0 Å². The normalized spacial score (nSPS) is 19.7. The Bertz CT molecular complexity index is 530. The van der Waals surface area contributed by atoms with Crippen LogP contribution in [0.15, 0.2) is 30.5 Å². The second-order valence-corrected chi connectivity index (χ2v) is 4.71. The van der Waals surface area contributed by atoms with Crippen LogP contribution in [0.1, 0.15) is 12.0 Å². The fraction of sp³-hybridized carbons (Fsp3) is 0.357. The summed E-state index contributed by atoms with van der Waals surface area (Å²) < 4.78 is 0. The number of nitrogens with one attached hydrogen (secondary N) is 2. The summed E-state index contributed by atoms with van der Waals surface area (Å²) in [7, 11) is 0. The molecule has 0 bridgehead atoms. The summed E-state index contributed by atoms with van der Waals surface area (Å²) in [5.74, 6) is 0. The van der Waals surface area contributed by atoms with Gasteiger partial charge in [0.05, 0.1) is 5.52 Å². The van der Waals surface area contributed by atoms with Crippen molar-refractivity contribution >= 4 is 16.6 Å². The minimum Gasteiger partial charge on any atom is -0.380 e. The predicted octanol–water partition coefficient (Wildman–Crippen LogP) is 2.32. The molecule has 1 aromatic carbocycles. The molecule has 2 heterocycles. The average molecular weight is 227 g/mol. The van der Waals surface area contributed by atoms with Gasteiger partial charge in [0.2, 0.25) is 0 Å². The first kappa shape index (κ1) is 10.5. The van der Waals surface area contributed by atoms with Crippen LogP contribution >= 0.6 is 0 Å². The lowest BCUT2D eigenvalue weighted by Crippen LogP contribution is -2.22. The molecule has 1 aliphatic rings. The Morgan fingerprint density at radius 2 is 2.29 bits per heavy atom. The van der Waals surface area contributed by atoms with Crippen molar-refractivity contribution in [2.45, 2.75) is 19.4 Å². The number of hydrogen-bond donors (Lipinski definition) is 2. The molecule has 3 heteroatoms. The molecule has 0 amide bonds. The highest BCUT2D eigenvalue weighted by atomic mass is 15.0. The molecule has 1 aromatic heterocycles. The van der Waals surface area contributed by atoms with Crippen LogP contribution in [0, 0.1) is 6.92 Å². The van der Waals surface area contributed by atoms with Gasteiger partial charge in [-0.3, -0.25) is 4.98 Å². The van der Waals surface area contributed by atoms with Crippen LogP contribution < -0.4 is 10.6 Å². The molecule has 2 aromatic rings. The van der Waals surface area contributed by atoms with Crippen LogP contribution in [0.4, 0.5) is 5.69 Å². The summed E-state index contributed by atoms with van der Waals surface area (Å²) in [5.41, 5.74) is 3.54. The molecule has 2 N–H and O–H groups in total. The number of hydrogen-bond acceptors (Lipinski definition) is 3. The van der Waals surface area contributed by atoms with Crippen molar-refractivity contribution in [2.24, 2.45) is 0 Å². The number of nitrogens with zero attached hydrogens (tertiary/aromatic N) is 1. The molecule has 0 saturated carbocycles. The fourth-order valence-electron chi connectivity index (χ4n) is 2.38. The maximum Gasteiger partial charge on any atom is 0.0722 e. The zero-order valence-electron chi connectivity index (χ0n) is 10.0. The number of pyridine rings is 1. The molecular formula is C14H17N3. The van der Waals surface area contributed by atoms with E-state index >= 15 is 0 Å². The lowest BCUT2D eigenvalue weighted by molar-refractivity contribution is 0.794. The largest absolute Gasteiger partial charge is 0.380 e. The highest BCUT2D eigenvalue weighted by Crippen LogP contribution is 2.23. The van der Waals surface area contributed by atoms with Crippen molar-refractivity contribution in [1.82, 2.24) is 10.3 Å². The van der Waals surface area contributed by atoms with E-state index in [0.717, 1.165) is 18.6 Å². The summed E-state index contributed by atoms with van der Waals surface area (Å²) in [6, 6.07) is 9.01. The summed E-state index contributed by atoms with van der Waals surface area (Å²) in [5, 5.41) is 8.20. The SMILES string of the molecule is Cc1ccc2nccc(NC3CCNC3)c2c1. The summed E-state index contributed by atoms with van der Waals surface area (Å²) in [6.07, 6.45) is 3.07. The van der Waals surface area contributed by atoms with Gasteiger partial charge in [-0.15, -0.1) is 0 Å². The molecule has 3 nitrogen and oxygen atoms in total. The third-order valence-corrected chi connectivity index (χ3v) is 3.32. The second-order valence-electron chi connectivity index (χ2n) is 4.71. The zero-order chi connectivity index (χ0) is 11.7. The quantitative estimate of drug-likeness (QED) is 0.826. The standard InChI is InChI=1S/C14H17N3/c1-10-2-3-13-12(8-10)14(5-7-16-13)17-11-4-6-15-9-11/h2-3,5,7-8,11,15H,4,6,9H2,1H3,(H,16,17). The van der Waals surface area contributed by atoms with Gasteiger partial charge < -0.3 is 10.6 Å². The zero-order valence-corrected chi connectivity index (χ0v) is 10.0. The van der Waals surface area contributed by atoms with Crippen molar-refractivity contribution < 1.29 is 0 Å². The maximum absolute atomic E-state index is 4.40. The van der Waals surface area contributed by atoms with Gasteiger partial charge in [-0.25, -0.2) is 0 Å². The number of rotatable bonds is 2. The van der Waals surface area contributed by atoms with Gasteiger partial charge in [0.25, 0.3) is 0 Å². The molecule has 17 heavy (non-hydrogen) atoms. The topological polar surface area (TPSA) is 37.0 Å². The first-order valence-electron chi connectivity index (χ1n) is 6.15. The summed E-state index contributed by atoms with van der Waals surface area (Å²) in [4.78, 5) is 4.40. The maximum atomic E-state index is 4.40. The third-order valence-electron chi connectivity index (χ3n) is 3.32. The van der Waals surface area contributed by atoms with Crippen molar-refractivity contribution in [3.05, 3.63) is 36.0 Å². The summed E-state index contributed by atoms with van der Waals surface area (Å²) >= 11 is 0. The molecule has 0 aliphatic carbocycles. The van der Waals surface area contributed by atoms with Gasteiger partial charge in [-0.05, 0) is 38.1 Å². The number of aromatic nitrogens is 1. The van der Waals surface area contributed by atoms with Gasteiger partial charge in [0.15, 0.2) is 0 Å². The molecule has 1 unspecified atom stereocenters. The Labute approximate surface area is 101 Å². The minimum atomic E-state index is 0.543. The van der Waals surface area contributed by atoms with Crippen LogP contribution in [-0.4, -0.2) is 24.1 Å². The molecule has 88 valence electrons. The van der Waals surface area contributed by atoms with Crippen LogP contribution in [-0.2, 0) is 0 Å². The Hall–Kier alpha value is -1.61. The van der Waals surface area contributed by atoms with Gasteiger partial charge in [-0.2, -0.15) is 0 Å². The molecule has 0 radical (unpaired) electrons. The number of benzene rings is 1. The van der Waals surface area contributed by atoms with E-state index < -0.39 is 0 Å². The highest BCUT2D eigenvalue weighted by molar-refractivity contribution is 5.91. The molecule has 0 spiro atoms. The Kier molecular flexibility index (Phi) is 2.69. The van der Waals surface area contributed by atoms with Crippen molar-refractivity contribution in [3.8, 4) is 0 Å². The first-order chi connectivity index (χ1) is 8.33. The van der Waals surface area contributed by atoms with E-state index in [0.29, 0.717) is 6.04 Å².